The number of para-hydroxylation sites is 1. The van der Waals surface area contributed by atoms with Crippen LogP contribution in [0.3, 0.4) is 0 Å². The lowest BCUT2D eigenvalue weighted by atomic mass is 9.95. The zero-order valence-electron chi connectivity index (χ0n) is 16.4. The fraction of sp³-hybridized carbons (Fsp3) is 0.227. The molecule has 0 fully saturated rings. The number of hydrogen-bond acceptors (Lipinski definition) is 5. The van der Waals surface area contributed by atoms with Gasteiger partial charge in [0.25, 0.3) is 5.91 Å². The van der Waals surface area contributed by atoms with E-state index in [2.05, 4.69) is 22.5 Å². The van der Waals surface area contributed by atoms with E-state index in [-0.39, 0.29) is 11.9 Å². The van der Waals surface area contributed by atoms with E-state index < -0.39 is 0 Å². The molecule has 0 saturated heterocycles. The highest BCUT2D eigenvalue weighted by molar-refractivity contribution is 7.99. The smallest absolute Gasteiger partial charge is 0.255 e. The van der Waals surface area contributed by atoms with Gasteiger partial charge in [-0.05, 0) is 31.0 Å². The Kier molecular flexibility index (Phi) is 5.67. The molecule has 3 aromatic rings. The van der Waals surface area contributed by atoms with Gasteiger partial charge in [-0.25, -0.2) is 4.68 Å². The lowest BCUT2D eigenvalue weighted by molar-refractivity contribution is -0.113. The molecule has 1 aliphatic rings. The maximum atomic E-state index is 13.3. The maximum absolute atomic E-state index is 13.3. The standard InChI is InChI=1S/C22H23N5OS/c1-3-14-29-22-25-21-23-15(2)18(20(28)24-17-12-8-5-9-13-17)19(27(21)26-22)16-10-6-4-7-11-16/h4-13,19H,3,14H2,1-2H3,(H,24,28)(H,23,25,26). The largest absolute Gasteiger partial charge is 0.328 e. The van der Waals surface area contributed by atoms with Gasteiger partial charge in [0.1, 0.15) is 6.04 Å². The zero-order valence-corrected chi connectivity index (χ0v) is 17.2. The van der Waals surface area contributed by atoms with Gasteiger partial charge in [0.05, 0.1) is 5.57 Å². The van der Waals surface area contributed by atoms with Crippen LogP contribution < -0.4 is 10.6 Å². The number of thioether (sulfide) groups is 1. The van der Waals surface area contributed by atoms with Crippen molar-refractivity contribution in [2.24, 2.45) is 0 Å². The molecule has 2 N–H and O–H groups in total. The van der Waals surface area contributed by atoms with Crippen molar-refractivity contribution in [3.05, 3.63) is 77.5 Å². The number of allylic oxidation sites excluding steroid dienone is 1. The molecule has 7 heteroatoms. The first kappa shape index (κ1) is 19.3. The number of carbonyl (C=O) groups excluding carboxylic acids is 1. The second-order valence-corrected chi connectivity index (χ2v) is 7.87. The molecule has 6 nitrogen and oxygen atoms in total. The molecule has 0 aliphatic carbocycles. The SMILES string of the molecule is CCCSc1nc2n(n1)C(c1ccccc1)C(C(=O)Nc1ccccc1)=C(C)N2. The molecule has 1 unspecified atom stereocenters. The second kappa shape index (κ2) is 8.53. The second-order valence-electron chi connectivity index (χ2n) is 6.81. The van der Waals surface area contributed by atoms with Crippen molar-refractivity contribution in [1.29, 1.82) is 0 Å². The Bertz CT molecular complexity index is 1030. The number of carbonyl (C=O) groups is 1. The summed E-state index contributed by atoms with van der Waals surface area (Å²) >= 11 is 1.62. The Labute approximate surface area is 174 Å². The number of amides is 1. The summed E-state index contributed by atoms with van der Waals surface area (Å²) in [6.07, 6.45) is 1.05. The van der Waals surface area contributed by atoms with Crippen molar-refractivity contribution < 1.29 is 4.79 Å². The highest BCUT2D eigenvalue weighted by Gasteiger charge is 2.34. The molecule has 148 valence electrons. The van der Waals surface area contributed by atoms with Crippen molar-refractivity contribution in [3.8, 4) is 0 Å². The molecule has 1 aliphatic heterocycles. The molecule has 0 radical (unpaired) electrons. The summed E-state index contributed by atoms with van der Waals surface area (Å²) in [5.41, 5.74) is 3.15. The monoisotopic (exact) mass is 405 g/mol. The first-order valence-electron chi connectivity index (χ1n) is 9.66. The third-order valence-electron chi connectivity index (χ3n) is 4.66. The molecule has 1 atom stereocenters. The summed E-state index contributed by atoms with van der Waals surface area (Å²) < 4.78 is 1.82. The molecule has 4 rings (SSSR count). The molecular formula is C22H23N5OS. The number of hydrogen-bond donors (Lipinski definition) is 2. The summed E-state index contributed by atoms with van der Waals surface area (Å²) in [7, 11) is 0. The van der Waals surface area contributed by atoms with Crippen LogP contribution in [-0.2, 0) is 4.79 Å². The summed E-state index contributed by atoms with van der Waals surface area (Å²) in [4.78, 5) is 17.9. The molecular weight excluding hydrogens is 382 g/mol. The van der Waals surface area contributed by atoms with Gasteiger partial charge in [-0.15, -0.1) is 5.10 Å². The molecule has 2 aromatic carbocycles. The summed E-state index contributed by atoms with van der Waals surface area (Å²) in [5, 5.41) is 11.7. The topological polar surface area (TPSA) is 71.8 Å². The zero-order chi connectivity index (χ0) is 20.2. The van der Waals surface area contributed by atoms with Gasteiger partial charge in [0.15, 0.2) is 0 Å². The summed E-state index contributed by atoms with van der Waals surface area (Å²) in [5.74, 6) is 1.46. The molecule has 29 heavy (non-hydrogen) atoms. The van der Waals surface area contributed by atoms with Gasteiger partial charge >= 0.3 is 0 Å². The van der Waals surface area contributed by atoms with E-state index in [9.17, 15) is 4.79 Å². The maximum Gasteiger partial charge on any atom is 0.255 e. The van der Waals surface area contributed by atoms with Gasteiger partial charge in [-0.3, -0.25) is 4.79 Å². The number of nitrogens with zero attached hydrogens (tertiary/aromatic N) is 3. The first-order chi connectivity index (χ1) is 14.2. The number of benzene rings is 2. The van der Waals surface area contributed by atoms with Crippen LogP contribution in [0.15, 0.2) is 77.1 Å². The predicted molar refractivity (Wildman–Crippen MR) is 117 cm³/mol. The number of aromatic nitrogens is 3. The average molecular weight is 406 g/mol. The van der Waals surface area contributed by atoms with E-state index >= 15 is 0 Å². The number of anilines is 2. The van der Waals surface area contributed by atoms with Crippen LogP contribution in [0.25, 0.3) is 0 Å². The number of fused-ring (bicyclic) bond motifs is 1. The minimum Gasteiger partial charge on any atom is -0.328 e. The quantitative estimate of drug-likeness (QED) is 0.581. The summed E-state index contributed by atoms with van der Waals surface area (Å²) in [6, 6.07) is 19.1. The van der Waals surface area contributed by atoms with Gasteiger partial charge in [0, 0.05) is 17.1 Å². The van der Waals surface area contributed by atoms with E-state index in [0.29, 0.717) is 16.7 Å². The molecule has 1 aromatic heterocycles. The first-order valence-corrected chi connectivity index (χ1v) is 10.6. The number of rotatable bonds is 6. The van der Waals surface area contributed by atoms with Crippen molar-refractivity contribution in [1.82, 2.24) is 14.8 Å². The Balaban J connectivity index is 1.74. The van der Waals surface area contributed by atoms with Crippen molar-refractivity contribution >= 4 is 29.3 Å². The predicted octanol–water partition coefficient (Wildman–Crippen LogP) is 4.71. The van der Waals surface area contributed by atoms with Crippen molar-refractivity contribution in [3.63, 3.8) is 0 Å². The highest BCUT2D eigenvalue weighted by atomic mass is 32.2. The van der Waals surface area contributed by atoms with Crippen LogP contribution >= 0.6 is 11.8 Å². The van der Waals surface area contributed by atoms with Gasteiger partial charge in [-0.1, -0.05) is 67.2 Å². The number of nitrogens with one attached hydrogen (secondary N) is 2. The molecule has 0 saturated carbocycles. The van der Waals surface area contributed by atoms with Crippen LogP contribution in [0.4, 0.5) is 11.6 Å². The van der Waals surface area contributed by atoms with Gasteiger partial charge in [-0.2, -0.15) is 4.98 Å². The van der Waals surface area contributed by atoms with Crippen LogP contribution in [0.5, 0.6) is 0 Å². The average Bonchev–Trinajstić information content (AvgIpc) is 3.14. The fourth-order valence-corrected chi connectivity index (χ4v) is 4.03. The Hall–Kier alpha value is -3.06. The Morgan fingerprint density at radius 2 is 1.83 bits per heavy atom. The van der Waals surface area contributed by atoms with Crippen LogP contribution in [0, 0.1) is 0 Å². The minimum atomic E-state index is -0.348. The van der Waals surface area contributed by atoms with Crippen molar-refractivity contribution in [2.75, 3.05) is 16.4 Å². The van der Waals surface area contributed by atoms with E-state index in [1.54, 1.807) is 11.8 Å². The molecule has 0 spiro atoms. The molecule has 1 amide bonds. The molecule has 0 bridgehead atoms. The third-order valence-corrected chi connectivity index (χ3v) is 5.70. The fourth-order valence-electron chi connectivity index (χ4n) is 3.34. The minimum absolute atomic E-state index is 0.154. The summed E-state index contributed by atoms with van der Waals surface area (Å²) in [6.45, 7) is 4.04. The van der Waals surface area contributed by atoms with E-state index in [1.807, 2.05) is 72.3 Å². The van der Waals surface area contributed by atoms with E-state index in [0.717, 1.165) is 29.1 Å². The van der Waals surface area contributed by atoms with Crippen LogP contribution in [0.1, 0.15) is 31.9 Å². The van der Waals surface area contributed by atoms with Crippen LogP contribution in [0.2, 0.25) is 0 Å². The van der Waals surface area contributed by atoms with E-state index in [1.165, 1.54) is 0 Å². The molecule has 2 heterocycles. The lowest BCUT2D eigenvalue weighted by Gasteiger charge is -2.28. The normalized spacial score (nSPS) is 15.6. The third kappa shape index (κ3) is 4.05. The Morgan fingerprint density at radius 1 is 1.14 bits per heavy atom. The Morgan fingerprint density at radius 3 is 2.52 bits per heavy atom. The lowest BCUT2D eigenvalue weighted by Crippen LogP contribution is -2.31. The van der Waals surface area contributed by atoms with Gasteiger partial charge in [0.2, 0.25) is 11.1 Å². The van der Waals surface area contributed by atoms with E-state index in [4.69, 9.17) is 5.10 Å². The highest BCUT2D eigenvalue weighted by Crippen LogP contribution is 2.36. The van der Waals surface area contributed by atoms with Crippen molar-refractivity contribution in [2.45, 2.75) is 31.5 Å². The van der Waals surface area contributed by atoms with Gasteiger partial charge < -0.3 is 10.6 Å². The van der Waals surface area contributed by atoms with Crippen LogP contribution in [-0.4, -0.2) is 26.4 Å².